The summed E-state index contributed by atoms with van der Waals surface area (Å²) in [5, 5.41) is 3.10. The highest BCUT2D eigenvalue weighted by Crippen LogP contribution is 2.25. The van der Waals surface area contributed by atoms with Crippen molar-refractivity contribution in [1.82, 2.24) is 10.0 Å². The van der Waals surface area contributed by atoms with Gasteiger partial charge in [0.2, 0.25) is 10.0 Å². The Balaban J connectivity index is 0.00000242. The van der Waals surface area contributed by atoms with E-state index in [1.807, 2.05) is 0 Å². The van der Waals surface area contributed by atoms with Crippen LogP contribution in [0.3, 0.4) is 0 Å². The van der Waals surface area contributed by atoms with Crippen LogP contribution in [0.15, 0.2) is 29.2 Å². The first kappa shape index (κ1) is 19.0. The highest BCUT2D eigenvalue weighted by Gasteiger charge is 2.31. The molecule has 0 aromatic heterocycles. The van der Waals surface area contributed by atoms with Crippen LogP contribution < -0.4 is 14.8 Å². The number of hydrogen-bond acceptors (Lipinski definition) is 4. The molecule has 0 aliphatic carbocycles. The number of ether oxygens (including phenoxy) is 1. The van der Waals surface area contributed by atoms with Crippen LogP contribution in [0.1, 0.15) is 12.8 Å². The van der Waals surface area contributed by atoms with Crippen LogP contribution in [-0.2, 0) is 10.0 Å². The molecule has 126 valence electrons. The van der Waals surface area contributed by atoms with E-state index in [-0.39, 0.29) is 23.3 Å². The van der Waals surface area contributed by atoms with Crippen molar-refractivity contribution >= 4 is 22.4 Å². The minimum atomic E-state index is -4.86. The zero-order valence-electron chi connectivity index (χ0n) is 11.4. The molecule has 0 unspecified atom stereocenters. The lowest BCUT2D eigenvalue weighted by atomic mass is 10.1. The molecule has 1 aromatic rings. The summed E-state index contributed by atoms with van der Waals surface area (Å²) >= 11 is 0. The molecule has 0 atom stereocenters. The van der Waals surface area contributed by atoms with Crippen LogP contribution in [0.5, 0.6) is 5.75 Å². The minimum Gasteiger partial charge on any atom is -0.406 e. The third-order valence-corrected chi connectivity index (χ3v) is 4.53. The highest BCUT2D eigenvalue weighted by molar-refractivity contribution is 7.89. The van der Waals surface area contributed by atoms with Gasteiger partial charge >= 0.3 is 6.36 Å². The van der Waals surface area contributed by atoms with E-state index in [0.717, 1.165) is 12.1 Å². The first-order valence-electron chi connectivity index (χ1n) is 6.35. The van der Waals surface area contributed by atoms with Crippen molar-refractivity contribution in [3.8, 4) is 5.75 Å². The molecule has 0 spiro atoms. The molecule has 0 amide bonds. The van der Waals surface area contributed by atoms with Gasteiger partial charge in [0.15, 0.2) is 0 Å². The van der Waals surface area contributed by atoms with Crippen molar-refractivity contribution in [2.24, 2.45) is 0 Å². The Morgan fingerprint density at radius 3 is 2.45 bits per heavy atom. The molecule has 1 aromatic carbocycles. The third kappa shape index (κ3) is 5.64. The number of nitrogens with one attached hydrogen (secondary N) is 2. The fourth-order valence-corrected chi connectivity index (χ4v) is 3.41. The second kappa shape index (κ2) is 7.49. The van der Waals surface area contributed by atoms with E-state index in [0.29, 0.717) is 25.9 Å². The summed E-state index contributed by atoms with van der Waals surface area (Å²) in [6.07, 6.45) is -3.58. The summed E-state index contributed by atoms with van der Waals surface area (Å²) in [5.74, 6) is -0.560. The lowest BCUT2D eigenvalue weighted by Gasteiger charge is -2.23. The summed E-state index contributed by atoms with van der Waals surface area (Å²) in [4.78, 5) is -0.247. The van der Waals surface area contributed by atoms with E-state index in [4.69, 9.17) is 0 Å². The summed E-state index contributed by atoms with van der Waals surface area (Å²) < 4.78 is 67.0. The molecule has 22 heavy (non-hydrogen) atoms. The fourth-order valence-electron chi connectivity index (χ4n) is 2.07. The van der Waals surface area contributed by atoms with Gasteiger partial charge < -0.3 is 10.1 Å². The Bertz CT molecular complexity index is 590. The molecule has 10 heteroatoms. The van der Waals surface area contributed by atoms with Crippen molar-refractivity contribution in [3.05, 3.63) is 24.3 Å². The maximum absolute atomic E-state index is 12.1. The van der Waals surface area contributed by atoms with Crippen LogP contribution in [0.25, 0.3) is 0 Å². The lowest BCUT2D eigenvalue weighted by Crippen LogP contribution is -2.42. The molecule has 0 bridgehead atoms. The zero-order chi connectivity index (χ0) is 15.5. The smallest absolute Gasteiger partial charge is 0.406 e. The summed E-state index contributed by atoms with van der Waals surface area (Å²) in [5.41, 5.74) is 0. The monoisotopic (exact) mass is 360 g/mol. The van der Waals surface area contributed by atoms with Crippen molar-refractivity contribution < 1.29 is 26.3 Å². The van der Waals surface area contributed by atoms with Gasteiger partial charge in [-0.1, -0.05) is 6.07 Å². The van der Waals surface area contributed by atoms with Crippen molar-refractivity contribution in [2.45, 2.75) is 30.1 Å². The van der Waals surface area contributed by atoms with Gasteiger partial charge in [-0.25, -0.2) is 13.1 Å². The molecule has 0 radical (unpaired) electrons. The van der Waals surface area contributed by atoms with Gasteiger partial charge in [-0.2, -0.15) is 0 Å². The van der Waals surface area contributed by atoms with E-state index in [2.05, 4.69) is 14.8 Å². The predicted molar refractivity (Wildman–Crippen MR) is 76.6 cm³/mol. The lowest BCUT2D eigenvalue weighted by molar-refractivity contribution is -0.274. The Kier molecular flexibility index (Phi) is 6.48. The first-order valence-corrected chi connectivity index (χ1v) is 7.83. The average molecular weight is 361 g/mol. The molecular formula is C12H16ClF3N2O3S. The maximum atomic E-state index is 12.1. The summed E-state index contributed by atoms with van der Waals surface area (Å²) in [7, 11) is -3.86. The predicted octanol–water partition coefficient (Wildman–Crippen LogP) is 2.04. The van der Waals surface area contributed by atoms with E-state index in [9.17, 15) is 21.6 Å². The summed E-state index contributed by atoms with van der Waals surface area (Å²) in [6, 6.07) is 4.13. The van der Waals surface area contributed by atoms with Crippen LogP contribution in [0.2, 0.25) is 0 Å². The second-order valence-electron chi connectivity index (χ2n) is 4.67. The number of halogens is 4. The maximum Gasteiger partial charge on any atom is 0.573 e. The Morgan fingerprint density at radius 1 is 1.23 bits per heavy atom. The number of piperidine rings is 1. The van der Waals surface area contributed by atoms with Crippen LogP contribution >= 0.6 is 12.4 Å². The van der Waals surface area contributed by atoms with Gasteiger partial charge in [0.1, 0.15) is 5.75 Å². The molecule has 0 saturated carbocycles. The van der Waals surface area contributed by atoms with Crippen LogP contribution in [-0.4, -0.2) is 33.9 Å². The Labute approximate surface area is 132 Å². The Morgan fingerprint density at radius 2 is 1.86 bits per heavy atom. The van der Waals surface area contributed by atoms with E-state index in [1.165, 1.54) is 12.1 Å². The van der Waals surface area contributed by atoms with Crippen molar-refractivity contribution in [2.75, 3.05) is 13.1 Å². The topological polar surface area (TPSA) is 67.4 Å². The molecule has 5 nitrogen and oxygen atoms in total. The molecule has 2 N–H and O–H groups in total. The Hall–Kier alpha value is -1.03. The highest BCUT2D eigenvalue weighted by atomic mass is 35.5. The molecule has 1 aliphatic rings. The molecular weight excluding hydrogens is 345 g/mol. The van der Waals surface area contributed by atoms with E-state index in [1.54, 1.807) is 0 Å². The standard InChI is InChI=1S/C12H15F3N2O3S.ClH/c13-12(14,15)20-10-2-1-3-11(8-10)21(18,19)17-9-4-6-16-7-5-9;/h1-3,8-9,16-17H,4-7H2;1H. The van der Waals surface area contributed by atoms with Crippen LogP contribution in [0, 0.1) is 0 Å². The minimum absolute atomic E-state index is 0. The molecule has 2 rings (SSSR count). The number of hydrogen-bond donors (Lipinski definition) is 2. The van der Waals surface area contributed by atoms with Gasteiger partial charge in [-0.15, -0.1) is 25.6 Å². The average Bonchev–Trinajstić information content (AvgIpc) is 2.37. The van der Waals surface area contributed by atoms with Gasteiger partial charge in [-0.3, -0.25) is 0 Å². The first-order chi connectivity index (χ1) is 9.76. The number of alkyl halides is 3. The molecule has 1 aliphatic heterocycles. The molecule has 1 saturated heterocycles. The quantitative estimate of drug-likeness (QED) is 0.862. The molecule has 1 heterocycles. The normalized spacial score (nSPS) is 16.9. The van der Waals surface area contributed by atoms with E-state index >= 15 is 0 Å². The van der Waals surface area contributed by atoms with Gasteiger partial charge in [-0.05, 0) is 38.1 Å². The number of sulfonamides is 1. The zero-order valence-corrected chi connectivity index (χ0v) is 13.0. The SMILES string of the molecule is Cl.O=S(=O)(NC1CCNCC1)c1cccc(OC(F)(F)F)c1. The second-order valence-corrected chi connectivity index (χ2v) is 6.38. The van der Waals surface area contributed by atoms with Gasteiger partial charge in [0.05, 0.1) is 4.90 Å². The number of benzene rings is 1. The fraction of sp³-hybridized carbons (Fsp3) is 0.500. The van der Waals surface area contributed by atoms with Gasteiger partial charge in [0, 0.05) is 12.1 Å². The van der Waals surface area contributed by atoms with E-state index < -0.39 is 22.1 Å². The van der Waals surface area contributed by atoms with Gasteiger partial charge in [0.25, 0.3) is 0 Å². The largest absolute Gasteiger partial charge is 0.573 e. The summed E-state index contributed by atoms with van der Waals surface area (Å²) in [6.45, 7) is 1.40. The van der Waals surface area contributed by atoms with Crippen molar-refractivity contribution in [3.63, 3.8) is 0 Å². The number of rotatable bonds is 4. The third-order valence-electron chi connectivity index (χ3n) is 3.01. The molecule has 1 fully saturated rings. The van der Waals surface area contributed by atoms with Crippen molar-refractivity contribution in [1.29, 1.82) is 0 Å². The van der Waals surface area contributed by atoms with Crippen LogP contribution in [0.4, 0.5) is 13.2 Å².